The van der Waals surface area contributed by atoms with Gasteiger partial charge >= 0.3 is 0 Å². The first-order chi connectivity index (χ1) is 12.5. The summed E-state index contributed by atoms with van der Waals surface area (Å²) in [6.45, 7) is 0.721. The number of rotatable bonds is 4. The molecule has 136 valence electrons. The summed E-state index contributed by atoms with van der Waals surface area (Å²) in [7, 11) is 0. The van der Waals surface area contributed by atoms with Crippen molar-refractivity contribution in [3.05, 3.63) is 58.4 Å². The molecule has 10 heteroatoms. The van der Waals surface area contributed by atoms with E-state index in [1.54, 1.807) is 23.4 Å². The molecule has 1 aliphatic rings. The van der Waals surface area contributed by atoms with E-state index in [1.807, 2.05) is 0 Å². The van der Waals surface area contributed by atoms with Crippen molar-refractivity contribution in [1.82, 2.24) is 14.9 Å². The van der Waals surface area contributed by atoms with Gasteiger partial charge in [-0.05, 0) is 12.1 Å². The maximum atomic E-state index is 12.8. The Balaban J connectivity index is 1.82. The first-order valence-corrected chi connectivity index (χ1v) is 7.91. The van der Waals surface area contributed by atoms with E-state index in [9.17, 15) is 25.1 Å². The second-order valence-corrected chi connectivity index (χ2v) is 5.78. The van der Waals surface area contributed by atoms with Crippen LogP contribution in [0.15, 0.2) is 42.7 Å². The average molecular weight is 359 g/mol. The van der Waals surface area contributed by atoms with Crippen molar-refractivity contribution in [2.24, 2.45) is 0 Å². The first kappa shape index (κ1) is 17.7. The number of nitro benzene ring substituents is 1. The van der Waals surface area contributed by atoms with E-state index in [0.717, 1.165) is 0 Å². The highest BCUT2D eigenvalue weighted by molar-refractivity contribution is 5.95. The van der Waals surface area contributed by atoms with Crippen molar-refractivity contribution in [3.8, 4) is 0 Å². The maximum Gasteiger partial charge on any atom is 0.270 e. The molecule has 2 aromatic rings. The summed E-state index contributed by atoms with van der Waals surface area (Å²) >= 11 is 0. The fourth-order valence-electron chi connectivity index (χ4n) is 2.87. The number of aliphatic hydroxyl groups excluding tert-OH is 1. The quantitative estimate of drug-likeness (QED) is 0.444. The monoisotopic (exact) mass is 359 g/mol. The standard InChI is InChI=1S/C16H17N5O5/c22-14(11-3-1-4-12(9-11)21(25)26)20-8-7-19(10-13(20)15(23)24)16-17-5-2-6-18-16/h1-6,9,13,15,23-24H,7-8,10H2. The van der Waals surface area contributed by atoms with Crippen molar-refractivity contribution in [2.75, 3.05) is 24.5 Å². The highest BCUT2D eigenvalue weighted by atomic mass is 16.6. The number of nitrogens with zero attached hydrogens (tertiary/aromatic N) is 5. The van der Waals surface area contributed by atoms with E-state index in [-0.39, 0.29) is 24.3 Å². The van der Waals surface area contributed by atoms with Gasteiger partial charge in [-0.1, -0.05) is 6.07 Å². The zero-order valence-corrected chi connectivity index (χ0v) is 13.7. The molecule has 0 radical (unpaired) electrons. The average Bonchev–Trinajstić information content (AvgIpc) is 2.67. The lowest BCUT2D eigenvalue weighted by atomic mass is 10.1. The molecule has 1 aromatic heterocycles. The summed E-state index contributed by atoms with van der Waals surface area (Å²) in [6, 6.07) is 6.10. The molecule has 2 heterocycles. The van der Waals surface area contributed by atoms with Crippen LogP contribution in [0.1, 0.15) is 10.4 Å². The van der Waals surface area contributed by atoms with Crippen LogP contribution < -0.4 is 4.90 Å². The summed E-state index contributed by atoms with van der Waals surface area (Å²) < 4.78 is 0. The zero-order chi connectivity index (χ0) is 18.7. The Morgan fingerprint density at radius 1 is 1.23 bits per heavy atom. The molecule has 26 heavy (non-hydrogen) atoms. The molecular weight excluding hydrogens is 342 g/mol. The van der Waals surface area contributed by atoms with Gasteiger partial charge in [-0.2, -0.15) is 0 Å². The summed E-state index contributed by atoms with van der Waals surface area (Å²) in [4.78, 5) is 34.4. The van der Waals surface area contributed by atoms with Crippen molar-refractivity contribution in [2.45, 2.75) is 12.3 Å². The molecule has 3 rings (SSSR count). The highest BCUT2D eigenvalue weighted by Gasteiger charge is 2.36. The molecule has 1 unspecified atom stereocenters. The summed E-state index contributed by atoms with van der Waals surface area (Å²) in [5.41, 5.74) is -0.0810. The number of aliphatic hydroxyl groups is 2. The van der Waals surface area contributed by atoms with Crippen LogP contribution in [0.25, 0.3) is 0 Å². The lowest BCUT2D eigenvalue weighted by Gasteiger charge is -2.42. The number of hydrogen-bond acceptors (Lipinski definition) is 8. The van der Waals surface area contributed by atoms with Gasteiger partial charge in [0.1, 0.15) is 6.04 Å². The molecule has 0 aliphatic carbocycles. The Morgan fingerprint density at radius 3 is 2.62 bits per heavy atom. The number of aromatic nitrogens is 2. The molecule has 1 aromatic carbocycles. The minimum atomic E-state index is -1.77. The van der Waals surface area contributed by atoms with Crippen LogP contribution in [0.2, 0.25) is 0 Å². The first-order valence-electron chi connectivity index (χ1n) is 7.91. The number of carbonyl (C=O) groups is 1. The number of piperazine rings is 1. The Morgan fingerprint density at radius 2 is 1.96 bits per heavy atom. The van der Waals surface area contributed by atoms with Crippen LogP contribution in [0.3, 0.4) is 0 Å². The third-order valence-electron chi connectivity index (χ3n) is 4.16. The predicted molar refractivity (Wildman–Crippen MR) is 90.4 cm³/mol. The summed E-state index contributed by atoms with van der Waals surface area (Å²) in [6.07, 6.45) is 1.38. The van der Waals surface area contributed by atoms with E-state index in [2.05, 4.69) is 9.97 Å². The summed E-state index contributed by atoms with van der Waals surface area (Å²) in [5.74, 6) is -0.0685. The minimum absolute atomic E-state index is 0.120. The molecule has 1 fully saturated rings. The van der Waals surface area contributed by atoms with Gasteiger partial charge in [0.25, 0.3) is 11.6 Å². The molecular formula is C16H17N5O5. The van der Waals surface area contributed by atoms with Crippen molar-refractivity contribution in [1.29, 1.82) is 0 Å². The second-order valence-electron chi connectivity index (χ2n) is 5.78. The van der Waals surface area contributed by atoms with Crippen molar-refractivity contribution in [3.63, 3.8) is 0 Å². The van der Waals surface area contributed by atoms with Gasteiger partial charge in [0.2, 0.25) is 5.95 Å². The molecule has 1 aliphatic heterocycles. The van der Waals surface area contributed by atoms with Crippen LogP contribution in [-0.4, -0.2) is 67.9 Å². The molecule has 0 bridgehead atoms. The molecule has 0 saturated carbocycles. The van der Waals surface area contributed by atoms with Crippen LogP contribution in [0.4, 0.5) is 11.6 Å². The van der Waals surface area contributed by atoms with E-state index >= 15 is 0 Å². The number of amides is 1. The molecule has 1 atom stereocenters. The van der Waals surface area contributed by atoms with Crippen LogP contribution >= 0.6 is 0 Å². The van der Waals surface area contributed by atoms with Gasteiger partial charge in [-0.3, -0.25) is 14.9 Å². The van der Waals surface area contributed by atoms with Crippen molar-refractivity contribution < 1.29 is 19.9 Å². The lowest BCUT2D eigenvalue weighted by molar-refractivity contribution is -0.384. The van der Waals surface area contributed by atoms with Gasteiger partial charge in [0.05, 0.1) is 4.92 Å². The second kappa shape index (κ2) is 7.42. The number of anilines is 1. The Kier molecular flexibility index (Phi) is 5.05. The topological polar surface area (TPSA) is 133 Å². The zero-order valence-electron chi connectivity index (χ0n) is 13.7. The molecule has 2 N–H and O–H groups in total. The molecule has 1 saturated heterocycles. The van der Waals surface area contributed by atoms with Gasteiger partial charge in [-0.15, -0.1) is 0 Å². The normalized spacial score (nSPS) is 17.4. The molecule has 1 amide bonds. The number of nitro groups is 1. The highest BCUT2D eigenvalue weighted by Crippen LogP contribution is 2.21. The largest absolute Gasteiger partial charge is 0.366 e. The van der Waals surface area contributed by atoms with E-state index in [0.29, 0.717) is 12.5 Å². The van der Waals surface area contributed by atoms with Gasteiger partial charge < -0.3 is 20.0 Å². The van der Waals surface area contributed by atoms with E-state index in [1.165, 1.54) is 29.2 Å². The van der Waals surface area contributed by atoms with Gasteiger partial charge in [0.15, 0.2) is 6.29 Å². The number of carbonyl (C=O) groups excluding carboxylic acids is 1. The fourth-order valence-corrected chi connectivity index (χ4v) is 2.87. The van der Waals surface area contributed by atoms with Crippen LogP contribution in [0, 0.1) is 10.1 Å². The third kappa shape index (κ3) is 3.60. The van der Waals surface area contributed by atoms with Crippen LogP contribution in [0.5, 0.6) is 0 Å². The lowest BCUT2D eigenvalue weighted by Crippen LogP contribution is -2.59. The van der Waals surface area contributed by atoms with E-state index in [4.69, 9.17) is 0 Å². The SMILES string of the molecule is O=C(c1cccc([N+](=O)[O-])c1)N1CCN(c2ncccn2)CC1C(O)O. The van der Waals surface area contributed by atoms with Gasteiger partial charge in [0, 0.05) is 49.7 Å². The van der Waals surface area contributed by atoms with Crippen LogP contribution in [-0.2, 0) is 0 Å². The molecule has 0 spiro atoms. The number of hydrogen-bond donors (Lipinski definition) is 2. The number of non-ortho nitro benzene ring substituents is 1. The maximum absolute atomic E-state index is 12.8. The smallest absolute Gasteiger partial charge is 0.270 e. The minimum Gasteiger partial charge on any atom is -0.366 e. The Bertz CT molecular complexity index is 801. The fraction of sp³-hybridized carbons (Fsp3) is 0.312. The Labute approximate surface area is 148 Å². The number of benzene rings is 1. The molecule has 10 nitrogen and oxygen atoms in total. The predicted octanol–water partition coefficient (Wildman–Crippen LogP) is 0.0265. The Hall–Kier alpha value is -3.11. The van der Waals surface area contributed by atoms with Gasteiger partial charge in [-0.25, -0.2) is 9.97 Å². The summed E-state index contributed by atoms with van der Waals surface area (Å²) in [5, 5.41) is 30.4. The third-order valence-corrected chi connectivity index (χ3v) is 4.16. The van der Waals surface area contributed by atoms with Crippen molar-refractivity contribution >= 4 is 17.5 Å². The van der Waals surface area contributed by atoms with E-state index < -0.39 is 23.2 Å².